The minimum atomic E-state index is -0.0282. The van der Waals surface area contributed by atoms with Gasteiger partial charge in [0.25, 0.3) is 5.91 Å². The molecule has 0 atom stereocenters. The number of nitrogens with two attached hydrogens (primary N) is 1. The summed E-state index contributed by atoms with van der Waals surface area (Å²) in [5, 5.41) is 2.87. The molecule has 0 unspecified atom stereocenters. The summed E-state index contributed by atoms with van der Waals surface area (Å²) in [4.78, 5) is 13.2. The number of hydrogen-bond donors (Lipinski definition) is 2. The first-order valence-corrected chi connectivity index (χ1v) is 6.02. The molecular formula is C12H16N2OS. The molecule has 1 heterocycles. The van der Waals surface area contributed by atoms with Crippen LogP contribution >= 0.6 is 11.3 Å². The minimum absolute atomic E-state index is 0.0282. The van der Waals surface area contributed by atoms with E-state index in [1.54, 1.807) is 6.07 Å². The molecule has 0 aliphatic heterocycles. The minimum Gasteiger partial charge on any atom is -0.351 e. The van der Waals surface area contributed by atoms with E-state index in [4.69, 9.17) is 5.73 Å². The van der Waals surface area contributed by atoms with E-state index >= 15 is 0 Å². The molecule has 0 saturated carbocycles. The van der Waals surface area contributed by atoms with Crippen LogP contribution in [-0.2, 0) is 0 Å². The lowest BCUT2D eigenvalue weighted by Gasteiger charge is -2.05. The van der Waals surface area contributed by atoms with Crippen molar-refractivity contribution in [3.8, 4) is 11.8 Å². The van der Waals surface area contributed by atoms with Crippen LogP contribution < -0.4 is 11.1 Å². The largest absolute Gasteiger partial charge is 0.351 e. The van der Waals surface area contributed by atoms with E-state index in [0.717, 1.165) is 4.88 Å². The van der Waals surface area contributed by atoms with Crippen molar-refractivity contribution in [1.29, 1.82) is 0 Å². The van der Waals surface area contributed by atoms with Gasteiger partial charge < -0.3 is 11.1 Å². The summed E-state index contributed by atoms with van der Waals surface area (Å²) in [6.45, 7) is 5.16. The van der Waals surface area contributed by atoms with Gasteiger partial charge in [0.2, 0.25) is 0 Å². The number of hydrogen-bond acceptors (Lipinski definition) is 3. The van der Waals surface area contributed by atoms with E-state index in [0.29, 0.717) is 23.9 Å². The van der Waals surface area contributed by atoms with E-state index in [1.807, 2.05) is 6.07 Å². The van der Waals surface area contributed by atoms with Crippen molar-refractivity contribution in [2.24, 2.45) is 11.7 Å². The van der Waals surface area contributed by atoms with Gasteiger partial charge in [0.05, 0.1) is 16.3 Å². The van der Waals surface area contributed by atoms with Gasteiger partial charge in [-0.3, -0.25) is 4.79 Å². The molecule has 0 aromatic carbocycles. The van der Waals surface area contributed by atoms with Crippen molar-refractivity contribution < 1.29 is 4.79 Å². The lowest BCUT2D eigenvalue weighted by Crippen LogP contribution is -2.26. The predicted molar refractivity (Wildman–Crippen MR) is 67.4 cm³/mol. The number of carbonyl (C=O) groups is 1. The number of carbonyl (C=O) groups excluding carboxylic acids is 1. The van der Waals surface area contributed by atoms with Crippen LogP contribution in [0.15, 0.2) is 12.1 Å². The quantitative estimate of drug-likeness (QED) is 0.780. The Morgan fingerprint density at radius 2 is 2.31 bits per heavy atom. The van der Waals surface area contributed by atoms with Crippen LogP contribution in [0.5, 0.6) is 0 Å². The predicted octanol–water partition coefficient (Wildman–Crippen LogP) is 1.44. The van der Waals surface area contributed by atoms with Gasteiger partial charge in [-0.15, -0.1) is 11.3 Å². The second-order valence-electron chi connectivity index (χ2n) is 3.77. The van der Waals surface area contributed by atoms with Crippen molar-refractivity contribution in [3.63, 3.8) is 0 Å². The highest BCUT2D eigenvalue weighted by atomic mass is 32.1. The fourth-order valence-corrected chi connectivity index (χ4v) is 1.85. The molecule has 0 fully saturated rings. The highest BCUT2D eigenvalue weighted by Gasteiger charge is 2.08. The smallest absolute Gasteiger partial charge is 0.261 e. The molecule has 1 rings (SSSR count). The first kappa shape index (κ1) is 12.8. The summed E-state index contributed by atoms with van der Waals surface area (Å²) in [6, 6.07) is 3.64. The maximum atomic E-state index is 11.7. The lowest BCUT2D eigenvalue weighted by atomic mass is 10.2. The molecule has 3 N–H and O–H groups in total. The van der Waals surface area contributed by atoms with Crippen LogP contribution in [0.2, 0.25) is 0 Å². The maximum Gasteiger partial charge on any atom is 0.261 e. The summed E-state index contributed by atoms with van der Waals surface area (Å²) in [6.07, 6.45) is 0. The van der Waals surface area contributed by atoms with Crippen LogP contribution in [0.1, 0.15) is 28.4 Å². The van der Waals surface area contributed by atoms with Crippen molar-refractivity contribution in [3.05, 3.63) is 21.9 Å². The van der Waals surface area contributed by atoms with Crippen molar-refractivity contribution in [1.82, 2.24) is 5.32 Å². The summed E-state index contributed by atoms with van der Waals surface area (Å²) in [5.41, 5.74) is 5.28. The molecule has 1 aromatic rings. The van der Waals surface area contributed by atoms with Gasteiger partial charge in [0.1, 0.15) is 0 Å². The molecule has 0 aliphatic rings. The molecule has 86 valence electrons. The summed E-state index contributed by atoms with van der Waals surface area (Å²) < 4.78 is 0. The van der Waals surface area contributed by atoms with Crippen molar-refractivity contribution >= 4 is 17.2 Å². The van der Waals surface area contributed by atoms with Gasteiger partial charge in [-0.2, -0.15) is 0 Å². The Hall–Kier alpha value is -1.31. The fourth-order valence-electron chi connectivity index (χ4n) is 1.05. The van der Waals surface area contributed by atoms with Crippen molar-refractivity contribution in [2.75, 3.05) is 13.1 Å². The normalized spacial score (nSPS) is 9.75. The zero-order valence-electron chi connectivity index (χ0n) is 9.54. The van der Waals surface area contributed by atoms with E-state index in [2.05, 4.69) is 31.0 Å². The average Bonchev–Trinajstić information content (AvgIpc) is 2.71. The molecule has 3 nitrogen and oxygen atoms in total. The molecular weight excluding hydrogens is 220 g/mol. The summed E-state index contributed by atoms with van der Waals surface area (Å²) in [7, 11) is 0. The third-order valence-electron chi connectivity index (χ3n) is 1.81. The van der Waals surface area contributed by atoms with Crippen LogP contribution in [-0.4, -0.2) is 19.0 Å². The van der Waals surface area contributed by atoms with Crippen LogP contribution in [0.4, 0.5) is 0 Å². The Morgan fingerprint density at radius 3 is 2.94 bits per heavy atom. The molecule has 1 aromatic heterocycles. The second-order valence-corrected chi connectivity index (χ2v) is 4.86. The zero-order valence-corrected chi connectivity index (χ0v) is 10.4. The first-order valence-electron chi connectivity index (χ1n) is 5.20. The van der Waals surface area contributed by atoms with Gasteiger partial charge in [-0.05, 0) is 18.1 Å². The van der Waals surface area contributed by atoms with E-state index < -0.39 is 0 Å². The zero-order chi connectivity index (χ0) is 12.0. The highest BCUT2D eigenvalue weighted by molar-refractivity contribution is 7.14. The number of thiophene rings is 1. The van der Waals surface area contributed by atoms with E-state index in [1.165, 1.54) is 11.3 Å². The van der Waals surface area contributed by atoms with Crippen LogP contribution in [0.3, 0.4) is 0 Å². The van der Waals surface area contributed by atoms with Crippen LogP contribution in [0, 0.1) is 17.8 Å². The fraction of sp³-hybridized carbons (Fsp3) is 0.417. The lowest BCUT2D eigenvalue weighted by molar-refractivity contribution is 0.0953. The molecule has 16 heavy (non-hydrogen) atoms. The third kappa shape index (κ3) is 4.05. The van der Waals surface area contributed by atoms with Crippen LogP contribution in [0.25, 0.3) is 0 Å². The van der Waals surface area contributed by atoms with E-state index in [-0.39, 0.29) is 5.91 Å². The monoisotopic (exact) mass is 236 g/mol. The Bertz CT molecular complexity index is 412. The van der Waals surface area contributed by atoms with Gasteiger partial charge in [0.15, 0.2) is 0 Å². The standard InChI is InChI=1S/C12H16N2OS/c1-9(2)8-14-12(15)11-6-5-10(16-11)4-3-7-13/h5-6,9H,7-8,13H2,1-2H3,(H,14,15). The number of rotatable bonds is 3. The first-order chi connectivity index (χ1) is 7.63. The Kier molecular flexibility index (Phi) is 5.03. The molecule has 0 bridgehead atoms. The molecule has 0 saturated heterocycles. The van der Waals surface area contributed by atoms with Crippen molar-refractivity contribution in [2.45, 2.75) is 13.8 Å². The summed E-state index contributed by atoms with van der Waals surface area (Å²) >= 11 is 1.39. The van der Waals surface area contributed by atoms with Gasteiger partial charge in [-0.1, -0.05) is 25.7 Å². The molecule has 0 spiro atoms. The third-order valence-corrected chi connectivity index (χ3v) is 2.81. The van der Waals surface area contributed by atoms with E-state index in [9.17, 15) is 4.79 Å². The molecule has 4 heteroatoms. The number of nitrogens with one attached hydrogen (secondary N) is 1. The van der Waals surface area contributed by atoms with Gasteiger partial charge in [0, 0.05) is 6.54 Å². The molecule has 0 radical (unpaired) electrons. The summed E-state index contributed by atoms with van der Waals surface area (Å²) in [5.74, 6) is 6.10. The second kappa shape index (κ2) is 6.31. The highest BCUT2D eigenvalue weighted by Crippen LogP contribution is 2.15. The molecule has 1 amide bonds. The van der Waals surface area contributed by atoms with Gasteiger partial charge in [-0.25, -0.2) is 0 Å². The van der Waals surface area contributed by atoms with Gasteiger partial charge >= 0.3 is 0 Å². The molecule has 0 aliphatic carbocycles. The SMILES string of the molecule is CC(C)CNC(=O)c1ccc(C#CCN)s1. The maximum absolute atomic E-state index is 11.7. The topological polar surface area (TPSA) is 55.1 Å². The Balaban J connectivity index is 2.60. The number of amides is 1. The Morgan fingerprint density at radius 1 is 1.56 bits per heavy atom. The Labute approximate surface area is 100 Å². The average molecular weight is 236 g/mol.